The highest BCUT2D eigenvalue weighted by Gasteiger charge is 2.25. The standard InChI is InChI=1S/C17H22N4O3S/c1-25(23,24)19-15-7-10-20(11-8-15)16(22)13-21-12-9-18-17(21)14-5-3-2-4-6-14/h2-6,9,12,15,19H,7-8,10-11,13H2,1H3. The molecule has 0 spiro atoms. The Bertz CT molecular complexity index is 825. The zero-order valence-corrected chi connectivity index (χ0v) is 14.9. The van der Waals surface area contributed by atoms with Crippen LogP contribution in [-0.4, -0.2) is 54.2 Å². The normalized spacial score (nSPS) is 16.1. The smallest absolute Gasteiger partial charge is 0.242 e. The van der Waals surface area contributed by atoms with Crippen molar-refractivity contribution in [3.05, 3.63) is 42.7 Å². The van der Waals surface area contributed by atoms with Crippen LogP contribution in [0.2, 0.25) is 0 Å². The SMILES string of the molecule is CS(=O)(=O)NC1CCN(C(=O)Cn2ccnc2-c2ccccc2)CC1. The van der Waals surface area contributed by atoms with Gasteiger partial charge in [0, 0.05) is 37.1 Å². The highest BCUT2D eigenvalue weighted by molar-refractivity contribution is 7.88. The molecule has 7 nitrogen and oxygen atoms in total. The molecule has 1 aromatic carbocycles. The molecule has 134 valence electrons. The van der Waals surface area contributed by atoms with E-state index in [1.807, 2.05) is 34.9 Å². The molecule has 1 fully saturated rings. The molecule has 2 aromatic rings. The van der Waals surface area contributed by atoms with Gasteiger partial charge in [0.2, 0.25) is 15.9 Å². The van der Waals surface area contributed by atoms with Crippen molar-refractivity contribution in [3.63, 3.8) is 0 Å². The lowest BCUT2D eigenvalue weighted by Gasteiger charge is -2.32. The monoisotopic (exact) mass is 362 g/mol. The second-order valence-electron chi connectivity index (χ2n) is 6.29. The predicted octanol–water partition coefficient (Wildman–Crippen LogP) is 1.09. The quantitative estimate of drug-likeness (QED) is 0.863. The molecule has 0 aliphatic carbocycles. The maximum atomic E-state index is 12.6. The molecule has 1 aliphatic heterocycles. The van der Waals surface area contributed by atoms with Gasteiger partial charge in [0.1, 0.15) is 12.4 Å². The Morgan fingerprint density at radius 1 is 1.24 bits per heavy atom. The van der Waals surface area contributed by atoms with Gasteiger partial charge in [-0.1, -0.05) is 30.3 Å². The summed E-state index contributed by atoms with van der Waals surface area (Å²) in [4.78, 5) is 18.7. The number of amides is 1. The van der Waals surface area contributed by atoms with Crippen LogP contribution >= 0.6 is 0 Å². The number of sulfonamides is 1. The lowest BCUT2D eigenvalue weighted by Crippen LogP contribution is -2.47. The van der Waals surface area contributed by atoms with E-state index in [1.54, 1.807) is 17.3 Å². The number of carbonyl (C=O) groups excluding carboxylic acids is 1. The number of imidazole rings is 1. The third-order valence-electron chi connectivity index (χ3n) is 4.28. The van der Waals surface area contributed by atoms with Gasteiger partial charge in [-0.2, -0.15) is 0 Å². The van der Waals surface area contributed by atoms with E-state index < -0.39 is 10.0 Å². The maximum Gasteiger partial charge on any atom is 0.242 e. The Balaban J connectivity index is 1.60. The fourth-order valence-corrected chi connectivity index (χ4v) is 3.92. The van der Waals surface area contributed by atoms with Crippen molar-refractivity contribution in [1.29, 1.82) is 0 Å². The summed E-state index contributed by atoms with van der Waals surface area (Å²) < 4.78 is 27.1. The second kappa shape index (κ2) is 7.37. The van der Waals surface area contributed by atoms with Crippen molar-refractivity contribution in [2.75, 3.05) is 19.3 Å². The molecule has 2 heterocycles. The average Bonchev–Trinajstić information content (AvgIpc) is 3.03. The van der Waals surface area contributed by atoms with Crippen molar-refractivity contribution in [3.8, 4) is 11.4 Å². The van der Waals surface area contributed by atoms with Crippen LogP contribution in [0.25, 0.3) is 11.4 Å². The topological polar surface area (TPSA) is 84.3 Å². The molecular formula is C17H22N4O3S. The van der Waals surface area contributed by atoms with Crippen molar-refractivity contribution in [1.82, 2.24) is 19.2 Å². The molecule has 3 rings (SSSR count). The summed E-state index contributed by atoms with van der Waals surface area (Å²) in [5, 5.41) is 0. The number of rotatable bonds is 5. The third kappa shape index (κ3) is 4.67. The first-order valence-corrected chi connectivity index (χ1v) is 10.1. The second-order valence-corrected chi connectivity index (χ2v) is 8.07. The number of nitrogens with zero attached hydrogens (tertiary/aromatic N) is 3. The van der Waals surface area contributed by atoms with Crippen LogP contribution in [0, 0.1) is 0 Å². The molecule has 1 amide bonds. The summed E-state index contributed by atoms with van der Waals surface area (Å²) in [6.45, 7) is 1.34. The number of piperidine rings is 1. The Labute approximate surface area is 147 Å². The Hall–Kier alpha value is -2.19. The molecule has 0 saturated carbocycles. The van der Waals surface area contributed by atoms with E-state index in [1.165, 1.54) is 0 Å². The molecule has 0 unspecified atom stereocenters. The summed E-state index contributed by atoms with van der Waals surface area (Å²) in [6.07, 6.45) is 5.92. The number of carbonyl (C=O) groups is 1. The molecule has 1 saturated heterocycles. The molecule has 1 aliphatic rings. The first kappa shape index (κ1) is 17.6. The largest absolute Gasteiger partial charge is 0.341 e. The van der Waals surface area contributed by atoms with Gasteiger partial charge in [-0.25, -0.2) is 18.1 Å². The number of likely N-dealkylation sites (tertiary alicyclic amines) is 1. The van der Waals surface area contributed by atoms with Gasteiger partial charge in [0.05, 0.1) is 6.26 Å². The van der Waals surface area contributed by atoms with Gasteiger partial charge in [-0.15, -0.1) is 0 Å². The minimum atomic E-state index is -3.20. The van der Waals surface area contributed by atoms with E-state index in [9.17, 15) is 13.2 Å². The van der Waals surface area contributed by atoms with Crippen LogP contribution in [0.4, 0.5) is 0 Å². The van der Waals surface area contributed by atoms with Crippen LogP contribution in [0.3, 0.4) is 0 Å². The fourth-order valence-electron chi connectivity index (χ4n) is 3.08. The van der Waals surface area contributed by atoms with Crippen molar-refractivity contribution in [2.45, 2.75) is 25.4 Å². The molecule has 1 N–H and O–H groups in total. The van der Waals surface area contributed by atoms with Crippen LogP contribution < -0.4 is 4.72 Å². The highest BCUT2D eigenvalue weighted by atomic mass is 32.2. The molecule has 0 radical (unpaired) electrons. The molecule has 8 heteroatoms. The lowest BCUT2D eigenvalue weighted by atomic mass is 10.1. The molecule has 0 atom stereocenters. The lowest BCUT2D eigenvalue weighted by molar-refractivity contribution is -0.132. The summed E-state index contributed by atoms with van der Waals surface area (Å²) in [6, 6.07) is 9.66. The van der Waals surface area contributed by atoms with Gasteiger partial charge in [-0.05, 0) is 12.8 Å². The third-order valence-corrected chi connectivity index (χ3v) is 5.04. The summed E-state index contributed by atoms with van der Waals surface area (Å²) in [7, 11) is -3.20. The fraction of sp³-hybridized carbons (Fsp3) is 0.412. The zero-order valence-electron chi connectivity index (χ0n) is 14.1. The van der Waals surface area contributed by atoms with E-state index in [2.05, 4.69) is 9.71 Å². The number of hydrogen-bond donors (Lipinski definition) is 1. The Kier molecular flexibility index (Phi) is 5.19. The maximum absolute atomic E-state index is 12.6. The van der Waals surface area contributed by atoms with E-state index >= 15 is 0 Å². The molecule has 25 heavy (non-hydrogen) atoms. The Morgan fingerprint density at radius 3 is 2.56 bits per heavy atom. The van der Waals surface area contributed by atoms with Gasteiger partial charge < -0.3 is 9.47 Å². The highest BCUT2D eigenvalue weighted by Crippen LogP contribution is 2.18. The molecule has 1 aromatic heterocycles. The predicted molar refractivity (Wildman–Crippen MR) is 95.2 cm³/mol. The number of nitrogens with one attached hydrogen (secondary N) is 1. The van der Waals surface area contributed by atoms with E-state index in [0.29, 0.717) is 25.9 Å². The number of hydrogen-bond acceptors (Lipinski definition) is 4. The van der Waals surface area contributed by atoms with Crippen LogP contribution in [0.5, 0.6) is 0 Å². The first-order chi connectivity index (χ1) is 11.9. The number of benzene rings is 1. The number of aromatic nitrogens is 2. The van der Waals surface area contributed by atoms with E-state index in [-0.39, 0.29) is 18.5 Å². The van der Waals surface area contributed by atoms with Crippen LogP contribution in [0.1, 0.15) is 12.8 Å². The van der Waals surface area contributed by atoms with Crippen molar-refractivity contribution in [2.24, 2.45) is 0 Å². The molecule has 0 bridgehead atoms. The Morgan fingerprint density at radius 2 is 1.92 bits per heavy atom. The minimum Gasteiger partial charge on any atom is -0.341 e. The van der Waals surface area contributed by atoms with E-state index in [4.69, 9.17) is 0 Å². The van der Waals surface area contributed by atoms with Crippen molar-refractivity contribution < 1.29 is 13.2 Å². The van der Waals surface area contributed by atoms with Crippen LogP contribution in [-0.2, 0) is 21.4 Å². The van der Waals surface area contributed by atoms with Gasteiger partial charge >= 0.3 is 0 Å². The molecular weight excluding hydrogens is 340 g/mol. The summed E-state index contributed by atoms with van der Waals surface area (Å²) >= 11 is 0. The average molecular weight is 362 g/mol. The van der Waals surface area contributed by atoms with Crippen molar-refractivity contribution >= 4 is 15.9 Å². The van der Waals surface area contributed by atoms with Gasteiger partial charge in [0.15, 0.2) is 0 Å². The summed E-state index contributed by atoms with van der Waals surface area (Å²) in [5.74, 6) is 0.788. The minimum absolute atomic E-state index is 0.0213. The van der Waals surface area contributed by atoms with E-state index in [0.717, 1.165) is 17.6 Å². The first-order valence-electron chi connectivity index (χ1n) is 8.24. The van der Waals surface area contributed by atoms with Gasteiger partial charge in [0.25, 0.3) is 0 Å². The van der Waals surface area contributed by atoms with Crippen LogP contribution in [0.15, 0.2) is 42.7 Å². The summed E-state index contributed by atoms with van der Waals surface area (Å²) in [5.41, 5.74) is 0.969. The zero-order chi connectivity index (χ0) is 17.9. The van der Waals surface area contributed by atoms with Gasteiger partial charge in [-0.3, -0.25) is 4.79 Å².